The van der Waals surface area contributed by atoms with Gasteiger partial charge in [0.05, 0.1) is 75.3 Å². The molecule has 0 amide bonds. The molecule has 5 atom stereocenters. The molecule has 1 heterocycles. The summed E-state index contributed by atoms with van der Waals surface area (Å²) in [6, 6.07) is 0. The molecule has 216 valence electrons. The van der Waals surface area contributed by atoms with Crippen molar-refractivity contribution in [2.75, 3.05) is 53.4 Å². The molecule has 1 saturated heterocycles. The van der Waals surface area contributed by atoms with E-state index in [1.54, 1.807) is 0 Å². The minimum absolute atomic E-state index is 0.0274. The highest BCUT2D eigenvalue weighted by Crippen LogP contribution is 2.33. The number of rotatable bonds is 21. The molecule has 0 N–H and O–H groups in total. The normalized spacial score (nSPS) is 23.7. The molecule has 1 rings (SSSR count). The van der Waals surface area contributed by atoms with E-state index < -0.39 is 62.3 Å². The molecular formula is C24H33O14-3. The summed E-state index contributed by atoms with van der Waals surface area (Å²) in [5.74, 6) is -4.28. The molecule has 0 saturated carbocycles. The van der Waals surface area contributed by atoms with E-state index in [-0.39, 0.29) is 32.3 Å². The molecular weight excluding hydrogens is 512 g/mol. The summed E-state index contributed by atoms with van der Waals surface area (Å²) in [6.07, 6.45) is 6.02. The van der Waals surface area contributed by atoms with Gasteiger partial charge in [-0.2, -0.15) is 0 Å². The van der Waals surface area contributed by atoms with Crippen LogP contribution in [0, 0.1) is 5.92 Å². The van der Waals surface area contributed by atoms with E-state index in [1.165, 1.54) is 44.1 Å². The van der Waals surface area contributed by atoms with Crippen LogP contribution in [0.25, 0.3) is 0 Å². The van der Waals surface area contributed by atoms with E-state index in [0.29, 0.717) is 6.42 Å². The van der Waals surface area contributed by atoms with Gasteiger partial charge in [0.15, 0.2) is 6.29 Å². The van der Waals surface area contributed by atoms with E-state index in [4.69, 9.17) is 37.9 Å². The standard InChI is InChI=1S/C24H36O14/c1-3-17-18(13-32-7-4-8-33-14-19(25)26)38-24(31-2)23(37-12-6-10-35-16-21(29)30)22(17)36-11-5-9-34-15-20(27)28/h4-6,8-10,17-18,22-24H,3,7,11-16H2,1-2H3,(H,25,26)(H,27,28)(H,29,30)/p-3/b8-4+,9-5+,10-6+/t17-,18?,22+,23?,24-/m1/s1. The van der Waals surface area contributed by atoms with Gasteiger partial charge in [-0.15, -0.1) is 0 Å². The number of hydrogen-bond donors (Lipinski definition) is 0. The smallest absolute Gasteiger partial charge is 0.186 e. The highest BCUT2D eigenvalue weighted by Gasteiger charge is 2.46. The van der Waals surface area contributed by atoms with Crippen molar-refractivity contribution < 1.29 is 67.6 Å². The van der Waals surface area contributed by atoms with Crippen molar-refractivity contribution >= 4 is 17.9 Å². The van der Waals surface area contributed by atoms with Crippen molar-refractivity contribution in [3.05, 3.63) is 37.0 Å². The molecule has 0 aliphatic carbocycles. The summed E-state index contributed by atoms with van der Waals surface area (Å²) in [6.45, 7) is 0.531. The maximum absolute atomic E-state index is 10.5. The van der Waals surface area contributed by atoms with Crippen molar-refractivity contribution in [2.24, 2.45) is 5.92 Å². The highest BCUT2D eigenvalue weighted by atomic mass is 16.7. The Morgan fingerprint density at radius 1 is 0.763 bits per heavy atom. The Kier molecular flexibility index (Phi) is 17.2. The van der Waals surface area contributed by atoms with Gasteiger partial charge in [0.2, 0.25) is 0 Å². The molecule has 0 spiro atoms. The van der Waals surface area contributed by atoms with Gasteiger partial charge in [0, 0.05) is 13.0 Å². The summed E-state index contributed by atoms with van der Waals surface area (Å²) in [5.41, 5.74) is 0. The van der Waals surface area contributed by atoms with Crippen LogP contribution in [0.3, 0.4) is 0 Å². The number of carboxylic acid groups (broad SMARTS) is 3. The Morgan fingerprint density at radius 2 is 1.24 bits per heavy atom. The monoisotopic (exact) mass is 545 g/mol. The summed E-state index contributed by atoms with van der Waals surface area (Å²) < 4.78 is 43.5. The van der Waals surface area contributed by atoms with Crippen LogP contribution in [0.15, 0.2) is 37.0 Å². The van der Waals surface area contributed by atoms with E-state index in [0.717, 1.165) is 0 Å². The average molecular weight is 546 g/mol. The second-order valence-electron chi connectivity index (χ2n) is 7.65. The molecule has 14 nitrogen and oxygen atoms in total. The first-order chi connectivity index (χ1) is 18.3. The van der Waals surface area contributed by atoms with Crippen LogP contribution in [-0.4, -0.2) is 95.9 Å². The van der Waals surface area contributed by atoms with Crippen molar-refractivity contribution in [2.45, 2.75) is 37.9 Å². The van der Waals surface area contributed by atoms with Crippen LogP contribution >= 0.6 is 0 Å². The molecule has 0 bridgehead atoms. The van der Waals surface area contributed by atoms with Gasteiger partial charge < -0.3 is 67.6 Å². The molecule has 0 radical (unpaired) electrons. The van der Waals surface area contributed by atoms with Crippen LogP contribution in [0.4, 0.5) is 0 Å². The predicted molar refractivity (Wildman–Crippen MR) is 120 cm³/mol. The Labute approximate surface area is 220 Å². The molecule has 0 aromatic rings. The third-order valence-electron chi connectivity index (χ3n) is 4.95. The Morgan fingerprint density at radius 3 is 1.68 bits per heavy atom. The zero-order valence-corrected chi connectivity index (χ0v) is 21.2. The lowest BCUT2D eigenvalue weighted by Gasteiger charge is -2.45. The SMILES string of the molecule is CC[C@@H]1C(COC/C=C/OCC(=O)[O-])O[C@@H](OC)C(OC/C=C/OCC(=O)[O-])[C@H]1OC/C=C/OCC(=O)[O-]. The Hall–Kier alpha value is -3.17. The van der Waals surface area contributed by atoms with Crippen molar-refractivity contribution in [1.29, 1.82) is 0 Å². The first-order valence-corrected chi connectivity index (χ1v) is 11.7. The fraction of sp³-hybridized carbons (Fsp3) is 0.625. The first kappa shape index (κ1) is 32.9. The third kappa shape index (κ3) is 13.9. The predicted octanol–water partition coefficient (Wildman–Crippen LogP) is -2.99. The fourth-order valence-electron chi connectivity index (χ4n) is 3.46. The number of ether oxygens (including phenoxy) is 8. The molecule has 1 aliphatic heterocycles. The van der Waals surface area contributed by atoms with E-state index in [1.807, 2.05) is 6.92 Å². The summed E-state index contributed by atoms with van der Waals surface area (Å²) in [5, 5.41) is 31.2. The average Bonchev–Trinajstić information content (AvgIpc) is 2.87. The molecule has 1 aliphatic rings. The van der Waals surface area contributed by atoms with Crippen LogP contribution in [0.1, 0.15) is 13.3 Å². The molecule has 14 heteroatoms. The molecule has 1 fully saturated rings. The minimum Gasteiger partial charge on any atom is -0.546 e. The molecule has 2 unspecified atom stereocenters. The lowest BCUT2D eigenvalue weighted by atomic mass is 9.86. The third-order valence-corrected chi connectivity index (χ3v) is 4.95. The van der Waals surface area contributed by atoms with Crippen LogP contribution < -0.4 is 15.3 Å². The second-order valence-corrected chi connectivity index (χ2v) is 7.65. The molecule has 38 heavy (non-hydrogen) atoms. The van der Waals surface area contributed by atoms with Crippen LogP contribution in [0.2, 0.25) is 0 Å². The van der Waals surface area contributed by atoms with Gasteiger partial charge in [0.1, 0.15) is 25.9 Å². The highest BCUT2D eigenvalue weighted by molar-refractivity contribution is 5.66. The zero-order chi connectivity index (χ0) is 28.2. The number of carbonyl (C=O) groups excluding carboxylic acids is 3. The lowest BCUT2D eigenvalue weighted by Crippen LogP contribution is -2.58. The van der Waals surface area contributed by atoms with E-state index in [2.05, 4.69) is 0 Å². The van der Waals surface area contributed by atoms with Gasteiger partial charge in [-0.25, -0.2) is 0 Å². The van der Waals surface area contributed by atoms with Gasteiger partial charge in [-0.05, 0) is 24.6 Å². The van der Waals surface area contributed by atoms with E-state index in [9.17, 15) is 29.7 Å². The largest absolute Gasteiger partial charge is 0.546 e. The number of hydrogen-bond acceptors (Lipinski definition) is 14. The van der Waals surface area contributed by atoms with Gasteiger partial charge in [-0.3, -0.25) is 0 Å². The zero-order valence-electron chi connectivity index (χ0n) is 21.2. The Balaban J connectivity index is 2.83. The summed E-state index contributed by atoms with van der Waals surface area (Å²) >= 11 is 0. The maximum Gasteiger partial charge on any atom is 0.186 e. The van der Waals surface area contributed by atoms with Crippen LogP contribution in [0.5, 0.6) is 0 Å². The fourth-order valence-corrected chi connectivity index (χ4v) is 3.46. The maximum atomic E-state index is 10.5. The van der Waals surface area contributed by atoms with Gasteiger partial charge in [0.25, 0.3) is 0 Å². The topological polar surface area (TPSA) is 194 Å². The molecule has 0 aromatic carbocycles. The Bertz CT molecular complexity index is 780. The van der Waals surface area contributed by atoms with Gasteiger partial charge in [-0.1, -0.05) is 6.92 Å². The second kappa shape index (κ2) is 19.9. The van der Waals surface area contributed by atoms with E-state index >= 15 is 0 Å². The minimum atomic E-state index is -1.36. The number of aliphatic carboxylic acids is 3. The number of methoxy groups -OCH3 is 1. The lowest BCUT2D eigenvalue weighted by molar-refractivity contribution is -0.309. The quantitative estimate of drug-likeness (QED) is 0.105. The van der Waals surface area contributed by atoms with Crippen molar-refractivity contribution in [1.82, 2.24) is 0 Å². The summed E-state index contributed by atoms with van der Waals surface area (Å²) in [7, 11) is 1.44. The number of carboxylic acids is 3. The van der Waals surface area contributed by atoms with Crippen molar-refractivity contribution in [3.8, 4) is 0 Å². The van der Waals surface area contributed by atoms with Crippen molar-refractivity contribution in [3.63, 3.8) is 0 Å². The first-order valence-electron chi connectivity index (χ1n) is 11.7. The van der Waals surface area contributed by atoms with Gasteiger partial charge >= 0.3 is 0 Å². The van der Waals surface area contributed by atoms with Crippen LogP contribution in [-0.2, 0) is 52.3 Å². The number of carbonyl (C=O) groups is 3. The molecule has 0 aromatic heterocycles. The summed E-state index contributed by atoms with van der Waals surface area (Å²) in [4.78, 5) is 31.2.